The van der Waals surface area contributed by atoms with Crippen molar-refractivity contribution in [2.24, 2.45) is 0 Å². The van der Waals surface area contributed by atoms with Gasteiger partial charge >= 0.3 is 11.7 Å². The number of nitrogens with zero attached hydrogens (tertiary/aromatic N) is 4. The van der Waals surface area contributed by atoms with Gasteiger partial charge in [0.2, 0.25) is 0 Å². The number of methoxy groups -OCH3 is 1. The first-order valence-corrected chi connectivity index (χ1v) is 2.61. The molecule has 0 N–H and O–H groups in total. The van der Waals surface area contributed by atoms with Crippen LogP contribution < -0.4 is 5.56 Å². The fourth-order valence-corrected chi connectivity index (χ4v) is 0.405. The van der Waals surface area contributed by atoms with Gasteiger partial charge in [-0.1, -0.05) is 9.90 Å². The third-order valence-electron chi connectivity index (χ3n) is 0.843. The maximum Gasteiger partial charge on any atom is 0.453 e. The van der Waals surface area contributed by atoms with Crippen LogP contribution in [0.1, 0.15) is 0 Å². The predicted octanol–water partition coefficient (Wildman–Crippen LogP) is -1.35. The molecule has 0 radical (unpaired) electrons. The largest absolute Gasteiger partial charge is 0.453 e. The summed E-state index contributed by atoms with van der Waals surface area (Å²) >= 11 is 0. The van der Waals surface area contributed by atoms with Crippen LogP contribution in [0.2, 0.25) is 0 Å². The highest BCUT2D eigenvalue weighted by molar-refractivity contribution is 5.67. The van der Waals surface area contributed by atoms with Gasteiger partial charge in [0, 0.05) is 0 Å². The lowest BCUT2D eigenvalue weighted by Gasteiger charge is -1.95. The quantitative estimate of drug-likeness (QED) is 0.461. The molecule has 0 bridgehead atoms. The van der Waals surface area contributed by atoms with Crippen molar-refractivity contribution in [3.8, 4) is 0 Å². The van der Waals surface area contributed by atoms with Gasteiger partial charge in [0.25, 0.3) is 0 Å². The number of hydrogen-bond acceptors (Lipinski definition) is 6. The van der Waals surface area contributed by atoms with Crippen LogP contribution in [0.15, 0.2) is 11.0 Å². The Morgan fingerprint density at radius 2 is 2.45 bits per heavy atom. The van der Waals surface area contributed by atoms with E-state index in [0.717, 1.165) is 6.20 Å². The van der Waals surface area contributed by atoms with Crippen LogP contribution in [0.5, 0.6) is 0 Å². The smallest absolute Gasteiger partial charge is 0.450 e. The van der Waals surface area contributed by atoms with E-state index in [1.165, 1.54) is 7.11 Å². The molecule has 58 valence electrons. The molecule has 0 fully saturated rings. The average Bonchev–Trinajstić information content (AvgIpc) is 2.05. The second-order valence-corrected chi connectivity index (χ2v) is 1.53. The van der Waals surface area contributed by atoms with Gasteiger partial charge in [-0.3, -0.25) is 4.79 Å². The Kier molecular flexibility index (Phi) is 1.90. The molecule has 7 heteroatoms. The van der Waals surface area contributed by atoms with E-state index < -0.39 is 11.7 Å². The average molecular weight is 156 g/mol. The lowest BCUT2D eigenvalue weighted by Crippen LogP contribution is -2.23. The summed E-state index contributed by atoms with van der Waals surface area (Å²) < 4.78 is 4.23. The van der Waals surface area contributed by atoms with Crippen molar-refractivity contribution < 1.29 is 9.53 Å². The molecule has 1 aromatic rings. The highest BCUT2D eigenvalue weighted by Crippen LogP contribution is 1.75. The van der Waals surface area contributed by atoms with E-state index in [2.05, 4.69) is 20.1 Å². The van der Waals surface area contributed by atoms with E-state index in [1.807, 2.05) is 0 Å². The third kappa shape index (κ3) is 1.57. The minimum atomic E-state index is -0.794. The summed E-state index contributed by atoms with van der Waals surface area (Å²) in [4.78, 5) is 21.5. The van der Waals surface area contributed by atoms with Crippen LogP contribution >= 0.6 is 0 Å². The summed E-state index contributed by atoms with van der Waals surface area (Å²) in [5.41, 5.74) is -0.606. The summed E-state index contributed by atoms with van der Waals surface area (Å²) in [5, 5.41) is 9.46. The Balaban J connectivity index is 2.99. The molecule has 0 amide bonds. The Morgan fingerprint density at radius 3 is 2.91 bits per heavy atom. The minimum Gasteiger partial charge on any atom is -0.450 e. The first-order valence-electron chi connectivity index (χ1n) is 2.61. The monoisotopic (exact) mass is 156 g/mol. The second kappa shape index (κ2) is 2.86. The van der Waals surface area contributed by atoms with Crippen molar-refractivity contribution in [1.82, 2.24) is 20.2 Å². The molecular weight excluding hydrogens is 152 g/mol. The minimum absolute atomic E-state index is 0.571. The van der Waals surface area contributed by atoms with Gasteiger partial charge in [0.15, 0.2) is 0 Å². The molecule has 0 aliphatic heterocycles. The standard InChI is InChI=1S/C4H4N4O3/c1-11-4(10)8-5-2-3(9)6-7-8/h2H,1H3. The lowest BCUT2D eigenvalue weighted by atomic mass is 10.9. The van der Waals surface area contributed by atoms with Crippen molar-refractivity contribution in [1.29, 1.82) is 0 Å². The van der Waals surface area contributed by atoms with Crippen LogP contribution in [0, 0.1) is 0 Å². The highest BCUT2D eigenvalue weighted by Gasteiger charge is 2.03. The molecule has 0 aliphatic rings. The zero-order valence-corrected chi connectivity index (χ0v) is 5.59. The number of aromatic nitrogens is 4. The zero-order chi connectivity index (χ0) is 8.27. The van der Waals surface area contributed by atoms with Gasteiger partial charge in [-0.25, -0.2) is 4.79 Å². The SMILES string of the molecule is COC(=O)n1ncc(=O)nn1. The molecule has 0 unspecified atom stereocenters. The number of carbonyl (C=O) groups excluding carboxylic acids is 1. The Labute approximate surface area is 60.6 Å². The number of carbonyl (C=O) groups is 1. The molecular formula is C4H4N4O3. The number of hydrogen-bond donors (Lipinski definition) is 0. The fraction of sp³-hybridized carbons (Fsp3) is 0.250. The Hall–Kier alpha value is -1.79. The van der Waals surface area contributed by atoms with E-state index in [0.29, 0.717) is 4.80 Å². The lowest BCUT2D eigenvalue weighted by molar-refractivity contribution is 0.162. The molecule has 0 saturated heterocycles. The van der Waals surface area contributed by atoms with Crippen LogP contribution in [0.25, 0.3) is 0 Å². The molecule has 0 aliphatic carbocycles. The summed E-state index contributed by atoms with van der Waals surface area (Å²) in [6.45, 7) is 0. The van der Waals surface area contributed by atoms with Crippen molar-refractivity contribution in [2.45, 2.75) is 0 Å². The van der Waals surface area contributed by atoms with Crippen LogP contribution in [0.3, 0.4) is 0 Å². The topological polar surface area (TPSA) is 87.0 Å². The molecule has 1 aromatic heterocycles. The van der Waals surface area contributed by atoms with Gasteiger partial charge in [-0.2, -0.15) is 0 Å². The van der Waals surface area contributed by atoms with E-state index in [-0.39, 0.29) is 0 Å². The molecule has 1 heterocycles. The van der Waals surface area contributed by atoms with Crippen molar-refractivity contribution in [3.05, 3.63) is 16.6 Å². The first kappa shape index (κ1) is 7.32. The highest BCUT2D eigenvalue weighted by atomic mass is 16.5. The second-order valence-electron chi connectivity index (χ2n) is 1.53. The van der Waals surface area contributed by atoms with Crippen molar-refractivity contribution >= 4 is 6.09 Å². The molecule has 0 atom stereocenters. The molecule has 7 nitrogen and oxygen atoms in total. The summed E-state index contributed by atoms with van der Waals surface area (Å²) in [6.07, 6.45) is 0.0710. The third-order valence-corrected chi connectivity index (χ3v) is 0.843. The molecule has 0 spiro atoms. The van der Waals surface area contributed by atoms with Crippen molar-refractivity contribution in [3.63, 3.8) is 0 Å². The van der Waals surface area contributed by atoms with E-state index >= 15 is 0 Å². The summed E-state index contributed by atoms with van der Waals surface area (Å²) in [7, 11) is 1.17. The normalized spacial score (nSPS) is 9.18. The summed E-state index contributed by atoms with van der Waals surface area (Å²) in [6, 6.07) is 0. The predicted molar refractivity (Wildman–Crippen MR) is 31.9 cm³/mol. The Morgan fingerprint density at radius 1 is 1.73 bits per heavy atom. The number of rotatable bonds is 0. The van der Waals surface area contributed by atoms with Crippen LogP contribution in [-0.4, -0.2) is 33.4 Å². The fourth-order valence-electron chi connectivity index (χ4n) is 0.405. The maximum atomic E-state index is 10.6. The van der Waals surface area contributed by atoms with E-state index in [4.69, 9.17) is 0 Å². The van der Waals surface area contributed by atoms with E-state index in [1.54, 1.807) is 0 Å². The summed E-state index contributed by atoms with van der Waals surface area (Å²) in [5.74, 6) is 0. The first-order chi connectivity index (χ1) is 5.24. The molecule has 1 rings (SSSR count). The zero-order valence-electron chi connectivity index (χ0n) is 5.59. The van der Waals surface area contributed by atoms with Gasteiger partial charge in [0.1, 0.15) is 6.20 Å². The maximum absolute atomic E-state index is 10.6. The molecule has 0 aromatic carbocycles. The van der Waals surface area contributed by atoms with Gasteiger partial charge < -0.3 is 4.74 Å². The van der Waals surface area contributed by atoms with Gasteiger partial charge in [-0.15, -0.1) is 5.10 Å². The van der Waals surface area contributed by atoms with Crippen LogP contribution in [0.4, 0.5) is 4.79 Å². The van der Waals surface area contributed by atoms with Gasteiger partial charge in [0.05, 0.1) is 7.11 Å². The van der Waals surface area contributed by atoms with Crippen LogP contribution in [-0.2, 0) is 4.74 Å². The number of ether oxygens (including phenoxy) is 1. The van der Waals surface area contributed by atoms with Crippen molar-refractivity contribution in [2.75, 3.05) is 7.11 Å². The van der Waals surface area contributed by atoms with E-state index in [9.17, 15) is 9.59 Å². The molecule has 11 heavy (non-hydrogen) atoms. The molecule has 0 saturated carbocycles. The Bertz CT molecular complexity index is 299. The van der Waals surface area contributed by atoms with Gasteiger partial charge in [-0.05, 0) is 5.21 Å².